The van der Waals surface area contributed by atoms with Crippen LogP contribution in [0.3, 0.4) is 0 Å². The van der Waals surface area contributed by atoms with E-state index in [0.717, 1.165) is 6.07 Å². The molecule has 1 amide bonds. The van der Waals surface area contributed by atoms with E-state index >= 15 is 0 Å². The Morgan fingerprint density at radius 1 is 1.25 bits per heavy atom. The molecule has 0 aliphatic carbocycles. The topological polar surface area (TPSA) is 79.3 Å². The van der Waals surface area contributed by atoms with Crippen LogP contribution in [0, 0.1) is 0 Å². The van der Waals surface area contributed by atoms with Crippen molar-refractivity contribution in [3.63, 3.8) is 0 Å². The van der Waals surface area contributed by atoms with Gasteiger partial charge in [-0.3, -0.25) is 4.79 Å². The summed E-state index contributed by atoms with van der Waals surface area (Å²) in [5, 5.41) is 9.45. The lowest BCUT2D eigenvalue weighted by atomic mass is 10.0. The molecule has 28 heavy (non-hydrogen) atoms. The molecule has 0 radical (unpaired) electrons. The first kappa shape index (κ1) is 22.0. The highest BCUT2D eigenvalue weighted by atomic mass is 19.4. The van der Waals surface area contributed by atoms with Crippen molar-refractivity contribution in [2.24, 2.45) is 0 Å². The highest BCUT2D eigenvalue weighted by Crippen LogP contribution is 2.34. The minimum atomic E-state index is -5.14. The Balaban J connectivity index is 2.45. The fraction of sp³-hybridized carbons (Fsp3) is 0.556. The number of carbonyl (C=O) groups excluding carboxylic acids is 1. The van der Waals surface area contributed by atoms with Crippen LogP contribution in [0.25, 0.3) is 0 Å². The smallest absolute Gasteiger partial charge is 0.471 e. The van der Waals surface area contributed by atoms with Gasteiger partial charge >= 0.3 is 18.1 Å². The number of hydrogen-bond donors (Lipinski definition) is 1. The number of carboxylic acid groups (broad SMARTS) is 1. The third-order valence-electron chi connectivity index (χ3n) is 4.28. The van der Waals surface area contributed by atoms with Crippen LogP contribution in [0.5, 0.6) is 5.75 Å². The molecule has 0 spiro atoms. The summed E-state index contributed by atoms with van der Waals surface area (Å²) in [5.74, 6) is -3.34. The predicted octanol–water partition coefficient (Wildman–Crippen LogP) is 2.40. The summed E-state index contributed by atoms with van der Waals surface area (Å²) in [7, 11) is 3.66. The number of anilines is 1. The van der Waals surface area contributed by atoms with E-state index in [2.05, 4.69) is 0 Å². The van der Waals surface area contributed by atoms with Crippen LogP contribution in [0.2, 0.25) is 0 Å². The number of carboxylic acids is 1. The van der Waals surface area contributed by atoms with Crippen molar-refractivity contribution in [2.45, 2.75) is 25.1 Å². The molecule has 10 heteroatoms. The Labute approximate surface area is 160 Å². The third kappa shape index (κ3) is 5.59. The van der Waals surface area contributed by atoms with Crippen LogP contribution < -0.4 is 9.64 Å². The minimum Gasteiger partial charge on any atom is -0.492 e. The molecule has 1 aromatic carbocycles. The average Bonchev–Trinajstić information content (AvgIpc) is 2.61. The SMILES string of the molecule is CN(C)CCOc1ccc(C(=O)O)c(N(C(=O)C(F)(F)F)C2CCOCC2)c1. The van der Waals surface area contributed by atoms with E-state index in [-0.39, 0.29) is 44.1 Å². The summed E-state index contributed by atoms with van der Waals surface area (Å²) in [6.45, 7) is 1.19. The Kier molecular flexibility index (Phi) is 7.25. The lowest BCUT2D eigenvalue weighted by Crippen LogP contribution is -2.50. The zero-order valence-corrected chi connectivity index (χ0v) is 15.7. The van der Waals surface area contributed by atoms with E-state index in [1.807, 2.05) is 19.0 Å². The molecule has 0 saturated carbocycles. The van der Waals surface area contributed by atoms with Crippen molar-refractivity contribution in [3.05, 3.63) is 23.8 Å². The van der Waals surface area contributed by atoms with Crippen LogP contribution in [-0.4, -0.2) is 74.6 Å². The van der Waals surface area contributed by atoms with Crippen LogP contribution >= 0.6 is 0 Å². The highest BCUT2D eigenvalue weighted by molar-refractivity contribution is 6.04. The Hall–Kier alpha value is -2.33. The Morgan fingerprint density at radius 2 is 1.89 bits per heavy atom. The quantitative estimate of drug-likeness (QED) is 0.752. The monoisotopic (exact) mass is 404 g/mol. The van der Waals surface area contributed by atoms with Crippen molar-refractivity contribution in [1.82, 2.24) is 4.90 Å². The van der Waals surface area contributed by atoms with Gasteiger partial charge in [-0.15, -0.1) is 0 Å². The van der Waals surface area contributed by atoms with Crippen LogP contribution in [0.1, 0.15) is 23.2 Å². The summed E-state index contributed by atoms with van der Waals surface area (Å²) in [6, 6.07) is 2.87. The van der Waals surface area contributed by atoms with Gasteiger partial charge in [0.25, 0.3) is 0 Å². The molecule has 1 N–H and O–H groups in total. The molecule has 1 aliphatic heterocycles. The van der Waals surface area contributed by atoms with E-state index in [1.165, 1.54) is 12.1 Å². The molecule has 1 aromatic rings. The lowest BCUT2D eigenvalue weighted by Gasteiger charge is -2.35. The van der Waals surface area contributed by atoms with Gasteiger partial charge in [0.1, 0.15) is 12.4 Å². The summed E-state index contributed by atoms with van der Waals surface area (Å²) < 4.78 is 50.5. The zero-order valence-electron chi connectivity index (χ0n) is 15.7. The first-order chi connectivity index (χ1) is 13.1. The Bertz CT molecular complexity index is 703. The van der Waals surface area contributed by atoms with Gasteiger partial charge in [-0.1, -0.05) is 0 Å². The molecule has 0 bridgehead atoms. The third-order valence-corrected chi connectivity index (χ3v) is 4.28. The number of nitrogens with zero attached hydrogens (tertiary/aromatic N) is 2. The van der Waals surface area contributed by atoms with Crippen molar-refractivity contribution in [1.29, 1.82) is 0 Å². The normalized spacial score (nSPS) is 15.5. The predicted molar refractivity (Wildman–Crippen MR) is 94.8 cm³/mol. The molecule has 2 rings (SSSR count). The molecule has 0 atom stereocenters. The first-order valence-electron chi connectivity index (χ1n) is 8.74. The second-order valence-electron chi connectivity index (χ2n) is 6.65. The Morgan fingerprint density at radius 3 is 2.43 bits per heavy atom. The van der Waals surface area contributed by atoms with Crippen molar-refractivity contribution in [3.8, 4) is 5.75 Å². The van der Waals surface area contributed by atoms with Gasteiger partial charge in [-0.2, -0.15) is 13.2 Å². The average molecular weight is 404 g/mol. The molecule has 0 aromatic heterocycles. The van der Waals surface area contributed by atoms with Gasteiger partial charge in [-0.05, 0) is 39.1 Å². The number of carbonyl (C=O) groups is 2. The molecule has 7 nitrogen and oxygen atoms in total. The number of amides is 1. The molecular weight excluding hydrogens is 381 g/mol. The molecule has 1 saturated heterocycles. The standard InChI is InChI=1S/C18H23F3N2O5/c1-22(2)7-10-28-13-3-4-14(16(24)25)15(11-13)23(17(26)18(19,20)21)12-5-8-27-9-6-12/h3-4,11-12H,5-10H2,1-2H3,(H,24,25). The minimum absolute atomic E-state index is 0.173. The van der Waals surface area contributed by atoms with Gasteiger partial charge in [0.2, 0.25) is 0 Å². The lowest BCUT2D eigenvalue weighted by molar-refractivity contribution is -0.171. The van der Waals surface area contributed by atoms with Gasteiger partial charge in [0.05, 0.1) is 11.3 Å². The summed E-state index contributed by atoms with van der Waals surface area (Å²) in [6.07, 6.45) is -4.80. The van der Waals surface area contributed by atoms with Gasteiger partial charge in [-0.25, -0.2) is 4.79 Å². The number of likely N-dealkylation sites (N-methyl/N-ethyl adjacent to an activating group) is 1. The number of rotatable bonds is 7. The maximum Gasteiger partial charge on any atom is 0.471 e. The molecule has 156 valence electrons. The van der Waals surface area contributed by atoms with Crippen LogP contribution in [-0.2, 0) is 9.53 Å². The molecular formula is C18H23F3N2O5. The van der Waals surface area contributed by atoms with E-state index in [1.54, 1.807) is 0 Å². The van der Waals surface area contributed by atoms with Crippen molar-refractivity contribution in [2.75, 3.05) is 45.4 Å². The summed E-state index contributed by atoms with van der Waals surface area (Å²) in [5.41, 5.74) is -0.729. The molecule has 1 aliphatic rings. The van der Waals surface area contributed by atoms with E-state index in [0.29, 0.717) is 11.4 Å². The summed E-state index contributed by atoms with van der Waals surface area (Å²) in [4.78, 5) is 26.2. The zero-order chi connectivity index (χ0) is 20.9. The van der Waals surface area contributed by atoms with Gasteiger partial charge < -0.3 is 24.4 Å². The number of benzene rings is 1. The second kappa shape index (κ2) is 9.24. The second-order valence-corrected chi connectivity index (χ2v) is 6.65. The van der Waals surface area contributed by atoms with E-state index in [9.17, 15) is 27.9 Å². The number of aromatic carboxylic acids is 1. The number of halogens is 3. The van der Waals surface area contributed by atoms with Crippen LogP contribution in [0.4, 0.5) is 18.9 Å². The number of hydrogen-bond acceptors (Lipinski definition) is 5. The number of alkyl halides is 3. The van der Waals surface area contributed by atoms with E-state index in [4.69, 9.17) is 9.47 Å². The maximum absolute atomic E-state index is 13.3. The van der Waals surface area contributed by atoms with Crippen LogP contribution in [0.15, 0.2) is 18.2 Å². The summed E-state index contributed by atoms with van der Waals surface area (Å²) >= 11 is 0. The molecule has 1 fully saturated rings. The van der Waals surface area contributed by atoms with Gasteiger partial charge in [0, 0.05) is 31.9 Å². The fourth-order valence-corrected chi connectivity index (χ4v) is 2.88. The first-order valence-corrected chi connectivity index (χ1v) is 8.74. The van der Waals surface area contributed by atoms with Crippen molar-refractivity contribution >= 4 is 17.6 Å². The molecule has 0 unspecified atom stereocenters. The fourth-order valence-electron chi connectivity index (χ4n) is 2.88. The van der Waals surface area contributed by atoms with Gasteiger partial charge in [0.15, 0.2) is 0 Å². The van der Waals surface area contributed by atoms with Crippen molar-refractivity contribution < 1.29 is 37.3 Å². The highest BCUT2D eigenvalue weighted by Gasteiger charge is 2.46. The largest absolute Gasteiger partial charge is 0.492 e. The van der Waals surface area contributed by atoms with E-state index < -0.39 is 29.7 Å². The number of ether oxygens (including phenoxy) is 2. The molecule has 1 heterocycles. The maximum atomic E-state index is 13.3.